The number of nitrogens with zero attached hydrogens (tertiary/aromatic N) is 4. The second-order valence-corrected chi connectivity index (χ2v) is 6.69. The van der Waals surface area contributed by atoms with Gasteiger partial charge in [-0.3, -0.25) is 20.2 Å². The number of rotatable bonds is 7. The zero-order valence-corrected chi connectivity index (χ0v) is 16.4. The normalized spacial score (nSPS) is 11.1. The number of fused-ring (bicyclic) bond motifs is 1. The van der Waals surface area contributed by atoms with Crippen LogP contribution in [0.15, 0.2) is 63.2 Å². The van der Waals surface area contributed by atoms with Crippen LogP contribution in [0.1, 0.15) is 0 Å². The van der Waals surface area contributed by atoms with Gasteiger partial charge in [-0.05, 0) is 28.1 Å². The van der Waals surface area contributed by atoms with Gasteiger partial charge in [-0.1, -0.05) is 24.3 Å². The molecule has 0 radical (unpaired) electrons. The van der Waals surface area contributed by atoms with Gasteiger partial charge in [-0.15, -0.1) is 10.2 Å². The van der Waals surface area contributed by atoms with Crippen molar-refractivity contribution in [3.05, 3.63) is 73.2 Å². The predicted molar refractivity (Wildman–Crippen MR) is 111 cm³/mol. The SMILES string of the molecule is O=[N+]([O-])c1cc(Br)c(N=Nc2ccc(NCCO)c3ccccc23)c([N+](=O)[O-])c1. The Morgan fingerprint density at radius 1 is 1.00 bits per heavy atom. The summed E-state index contributed by atoms with van der Waals surface area (Å²) in [6.07, 6.45) is 0. The van der Waals surface area contributed by atoms with Crippen LogP contribution in [0.2, 0.25) is 0 Å². The number of nitrogens with one attached hydrogen (secondary N) is 1. The lowest BCUT2D eigenvalue weighted by Gasteiger charge is -2.10. The van der Waals surface area contributed by atoms with Crippen molar-refractivity contribution in [1.29, 1.82) is 0 Å². The van der Waals surface area contributed by atoms with E-state index in [1.54, 1.807) is 12.1 Å². The lowest BCUT2D eigenvalue weighted by Crippen LogP contribution is -2.05. The molecule has 10 nitrogen and oxygen atoms in total. The minimum atomic E-state index is -0.744. The number of anilines is 1. The van der Waals surface area contributed by atoms with E-state index in [2.05, 4.69) is 31.5 Å². The molecule has 3 rings (SSSR count). The summed E-state index contributed by atoms with van der Waals surface area (Å²) in [6, 6.07) is 12.8. The molecular weight excluding hydrogens is 446 g/mol. The largest absolute Gasteiger partial charge is 0.395 e. The summed E-state index contributed by atoms with van der Waals surface area (Å²) < 4.78 is 0.0905. The van der Waals surface area contributed by atoms with Crippen LogP contribution in [0.25, 0.3) is 10.8 Å². The molecule has 0 atom stereocenters. The van der Waals surface area contributed by atoms with Crippen molar-refractivity contribution in [3.63, 3.8) is 0 Å². The number of hydrogen-bond acceptors (Lipinski definition) is 8. The fourth-order valence-corrected chi connectivity index (χ4v) is 3.25. The Kier molecular flexibility index (Phi) is 6.10. The van der Waals surface area contributed by atoms with Crippen molar-refractivity contribution in [1.82, 2.24) is 0 Å². The van der Waals surface area contributed by atoms with Crippen LogP contribution >= 0.6 is 15.9 Å². The predicted octanol–water partition coefficient (Wildman–Crippen LogP) is 5.24. The van der Waals surface area contributed by atoms with Crippen LogP contribution in [-0.2, 0) is 0 Å². The molecule has 11 heteroatoms. The van der Waals surface area contributed by atoms with E-state index < -0.39 is 21.2 Å². The molecule has 0 fully saturated rings. The molecule has 0 saturated heterocycles. The third-order valence-corrected chi connectivity index (χ3v) is 4.63. The molecule has 3 aromatic carbocycles. The van der Waals surface area contributed by atoms with Crippen LogP contribution in [-0.4, -0.2) is 28.1 Å². The number of aliphatic hydroxyl groups is 1. The fourth-order valence-electron chi connectivity index (χ4n) is 2.73. The van der Waals surface area contributed by atoms with Crippen LogP contribution in [0.4, 0.5) is 28.4 Å². The molecule has 29 heavy (non-hydrogen) atoms. The van der Waals surface area contributed by atoms with Crippen molar-refractivity contribution in [2.45, 2.75) is 0 Å². The summed E-state index contributed by atoms with van der Waals surface area (Å²) in [5.74, 6) is 0. The van der Waals surface area contributed by atoms with Gasteiger partial charge in [0.2, 0.25) is 0 Å². The van der Waals surface area contributed by atoms with E-state index in [0.29, 0.717) is 12.2 Å². The van der Waals surface area contributed by atoms with Gasteiger partial charge in [0.15, 0.2) is 5.69 Å². The van der Waals surface area contributed by atoms with E-state index in [-0.39, 0.29) is 16.8 Å². The first-order chi connectivity index (χ1) is 13.9. The molecule has 0 aliphatic heterocycles. The maximum atomic E-state index is 11.3. The Bertz CT molecular complexity index is 1140. The third-order valence-electron chi connectivity index (χ3n) is 4.02. The topological polar surface area (TPSA) is 143 Å². The molecule has 0 unspecified atom stereocenters. The zero-order valence-electron chi connectivity index (χ0n) is 14.8. The standard InChI is InChI=1S/C18H14BrN5O5/c19-14-9-11(23(26)27)10-17(24(28)29)18(14)22-21-16-6-5-15(20-7-8-25)12-3-1-2-4-13(12)16/h1-6,9-10,20,25H,7-8H2. The van der Waals surface area contributed by atoms with Gasteiger partial charge in [0, 0.05) is 29.1 Å². The van der Waals surface area contributed by atoms with E-state index >= 15 is 0 Å². The minimum Gasteiger partial charge on any atom is -0.395 e. The maximum absolute atomic E-state index is 11.3. The number of nitro groups is 2. The first kappa shape index (κ1) is 20.3. The number of azo groups is 1. The van der Waals surface area contributed by atoms with Crippen LogP contribution in [0, 0.1) is 20.2 Å². The van der Waals surface area contributed by atoms with Crippen LogP contribution in [0.3, 0.4) is 0 Å². The van der Waals surface area contributed by atoms with E-state index in [0.717, 1.165) is 28.6 Å². The molecule has 3 aromatic rings. The lowest BCUT2D eigenvalue weighted by atomic mass is 10.1. The van der Waals surface area contributed by atoms with Gasteiger partial charge in [0.1, 0.15) is 0 Å². The number of non-ortho nitro benzene ring substituents is 1. The molecular formula is C18H14BrN5O5. The molecule has 0 bridgehead atoms. The highest BCUT2D eigenvalue weighted by Crippen LogP contribution is 2.40. The Hall–Kier alpha value is -3.44. The maximum Gasteiger partial charge on any atom is 0.304 e. The van der Waals surface area contributed by atoms with E-state index in [1.807, 2.05) is 24.3 Å². The van der Waals surface area contributed by atoms with Crippen LogP contribution in [0.5, 0.6) is 0 Å². The summed E-state index contributed by atoms with van der Waals surface area (Å²) in [6.45, 7) is 0.362. The summed E-state index contributed by atoms with van der Waals surface area (Å²) in [5.41, 5.74) is 0.200. The van der Waals surface area contributed by atoms with Gasteiger partial charge in [-0.2, -0.15) is 0 Å². The molecule has 0 heterocycles. The molecule has 0 aromatic heterocycles. The zero-order chi connectivity index (χ0) is 21.0. The Morgan fingerprint density at radius 2 is 1.72 bits per heavy atom. The number of aliphatic hydroxyl groups excluding tert-OH is 1. The van der Waals surface area contributed by atoms with Crippen molar-refractivity contribution >= 4 is 55.1 Å². The number of benzene rings is 3. The Balaban J connectivity index is 2.08. The molecule has 0 aliphatic carbocycles. The second-order valence-electron chi connectivity index (χ2n) is 5.84. The molecule has 0 amide bonds. The van der Waals surface area contributed by atoms with Gasteiger partial charge in [0.25, 0.3) is 5.69 Å². The van der Waals surface area contributed by atoms with E-state index in [1.165, 1.54) is 0 Å². The molecule has 148 valence electrons. The lowest BCUT2D eigenvalue weighted by molar-refractivity contribution is -0.393. The summed E-state index contributed by atoms with van der Waals surface area (Å²) in [5, 5.41) is 44.2. The molecule has 2 N–H and O–H groups in total. The fraction of sp³-hybridized carbons (Fsp3) is 0.111. The average Bonchev–Trinajstić information content (AvgIpc) is 2.71. The average molecular weight is 460 g/mol. The van der Waals surface area contributed by atoms with E-state index in [9.17, 15) is 20.2 Å². The van der Waals surface area contributed by atoms with Gasteiger partial charge >= 0.3 is 5.69 Å². The summed E-state index contributed by atoms with van der Waals surface area (Å²) in [4.78, 5) is 20.8. The number of halogens is 1. The minimum absolute atomic E-state index is 0.0202. The Labute approximate surface area is 172 Å². The van der Waals surface area contributed by atoms with Crippen molar-refractivity contribution in [3.8, 4) is 0 Å². The molecule has 0 aliphatic rings. The van der Waals surface area contributed by atoms with Crippen molar-refractivity contribution in [2.75, 3.05) is 18.5 Å². The smallest absolute Gasteiger partial charge is 0.304 e. The first-order valence-electron chi connectivity index (χ1n) is 8.33. The summed E-state index contributed by atoms with van der Waals surface area (Å²) in [7, 11) is 0. The monoisotopic (exact) mass is 459 g/mol. The number of nitro benzene ring substituents is 2. The highest BCUT2D eigenvalue weighted by atomic mass is 79.9. The van der Waals surface area contributed by atoms with Gasteiger partial charge < -0.3 is 10.4 Å². The quantitative estimate of drug-likeness (QED) is 0.280. The summed E-state index contributed by atoms with van der Waals surface area (Å²) >= 11 is 3.10. The second kappa shape index (κ2) is 8.71. The Morgan fingerprint density at radius 3 is 2.38 bits per heavy atom. The molecule has 0 saturated carbocycles. The van der Waals surface area contributed by atoms with E-state index in [4.69, 9.17) is 5.11 Å². The first-order valence-corrected chi connectivity index (χ1v) is 9.12. The highest BCUT2D eigenvalue weighted by Gasteiger charge is 2.23. The van der Waals surface area contributed by atoms with Gasteiger partial charge in [0.05, 0.1) is 32.7 Å². The third kappa shape index (κ3) is 4.36. The highest BCUT2D eigenvalue weighted by molar-refractivity contribution is 9.10. The van der Waals surface area contributed by atoms with Crippen molar-refractivity contribution < 1.29 is 15.0 Å². The number of hydrogen-bond donors (Lipinski definition) is 2. The van der Waals surface area contributed by atoms with Crippen LogP contribution < -0.4 is 5.32 Å². The van der Waals surface area contributed by atoms with Gasteiger partial charge in [-0.25, -0.2) is 0 Å². The van der Waals surface area contributed by atoms with Crippen molar-refractivity contribution in [2.24, 2.45) is 10.2 Å². The molecule has 0 spiro atoms.